The Balaban J connectivity index is 2.36. The lowest BCUT2D eigenvalue weighted by molar-refractivity contribution is -0.384. The summed E-state index contributed by atoms with van der Waals surface area (Å²) in [5.74, 6) is 0.434. The molecule has 0 saturated heterocycles. The summed E-state index contributed by atoms with van der Waals surface area (Å²) in [4.78, 5) is 10.8. The minimum absolute atomic E-state index is 0.0351. The highest BCUT2D eigenvalue weighted by molar-refractivity contribution is 5.60. The zero-order chi connectivity index (χ0) is 14.9. The number of benzene rings is 1. The van der Waals surface area contributed by atoms with E-state index in [-0.39, 0.29) is 11.7 Å². The Bertz CT molecular complexity index is 649. The van der Waals surface area contributed by atoms with Crippen molar-refractivity contribution in [2.24, 2.45) is 7.05 Å². The number of aromatic nitrogens is 2. The van der Waals surface area contributed by atoms with E-state index in [4.69, 9.17) is 0 Å². The summed E-state index contributed by atoms with van der Waals surface area (Å²) in [7, 11) is 1.70. The molecule has 1 atom stereocenters. The van der Waals surface area contributed by atoms with Gasteiger partial charge in [-0.15, -0.1) is 0 Å². The number of nitro groups is 1. The average molecular weight is 274 g/mol. The van der Waals surface area contributed by atoms with Crippen LogP contribution in [-0.2, 0) is 7.05 Å². The van der Waals surface area contributed by atoms with Gasteiger partial charge < -0.3 is 5.32 Å². The molecule has 6 nitrogen and oxygen atoms in total. The third-order valence-electron chi connectivity index (χ3n) is 3.38. The van der Waals surface area contributed by atoms with Crippen LogP contribution in [0, 0.1) is 24.0 Å². The van der Waals surface area contributed by atoms with E-state index >= 15 is 0 Å². The summed E-state index contributed by atoms with van der Waals surface area (Å²) >= 11 is 0. The normalized spacial score (nSPS) is 12.2. The molecule has 0 fully saturated rings. The summed E-state index contributed by atoms with van der Waals surface area (Å²) in [6.07, 6.45) is 0. The molecule has 1 N–H and O–H groups in total. The number of hydrogen-bond acceptors (Lipinski definition) is 4. The zero-order valence-electron chi connectivity index (χ0n) is 12.0. The van der Waals surface area contributed by atoms with Crippen LogP contribution in [0.25, 0.3) is 0 Å². The Labute approximate surface area is 117 Å². The quantitative estimate of drug-likeness (QED) is 0.686. The molecule has 6 heteroatoms. The highest BCUT2D eigenvalue weighted by atomic mass is 16.6. The molecule has 1 aromatic heterocycles. The first-order chi connectivity index (χ1) is 9.41. The van der Waals surface area contributed by atoms with Crippen molar-refractivity contribution in [2.75, 3.05) is 5.32 Å². The lowest BCUT2D eigenvalue weighted by Crippen LogP contribution is -2.12. The van der Waals surface area contributed by atoms with Gasteiger partial charge in [-0.05, 0) is 31.9 Å². The fraction of sp³-hybridized carbons (Fsp3) is 0.357. The van der Waals surface area contributed by atoms with Crippen LogP contribution in [0.5, 0.6) is 0 Å². The third kappa shape index (κ3) is 2.49. The van der Waals surface area contributed by atoms with Crippen molar-refractivity contribution in [2.45, 2.75) is 26.8 Å². The number of aryl methyl sites for hydroxylation is 3. The molecular weight excluding hydrogens is 256 g/mol. The molecule has 2 aromatic rings. The average Bonchev–Trinajstić information content (AvgIpc) is 2.64. The molecule has 2 rings (SSSR count). The van der Waals surface area contributed by atoms with Gasteiger partial charge in [-0.1, -0.05) is 24.3 Å². The van der Waals surface area contributed by atoms with Gasteiger partial charge in [0.25, 0.3) is 0 Å². The van der Waals surface area contributed by atoms with Gasteiger partial charge in [-0.2, -0.15) is 5.10 Å². The third-order valence-corrected chi connectivity index (χ3v) is 3.38. The van der Waals surface area contributed by atoms with Crippen LogP contribution in [0.3, 0.4) is 0 Å². The van der Waals surface area contributed by atoms with E-state index in [0.717, 1.165) is 11.1 Å². The standard InChI is InChI=1S/C14H18N4O2/c1-9-7-5-6-8-12(9)10(2)15-14-13(18(19)20)11(3)16-17(14)4/h5-8,10,15H,1-4H3. The van der Waals surface area contributed by atoms with Gasteiger partial charge in [0.2, 0.25) is 5.82 Å². The van der Waals surface area contributed by atoms with E-state index in [0.29, 0.717) is 11.5 Å². The van der Waals surface area contributed by atoms with Crippen molar-refractivity contribution >= 4 is 11.5 Å². The Morgan fingerprint density at radius 1 is 1.35 bits per heavy atom. The molecule has 1 heterocycles. The lowest BCUT2D eigenvalue weighted by atomic mass is 10.0. The van der Waals surface area contributed by atoms with E-state index in [2.05, 4.69) is 10.4 Å². The van der Waals surface area contributed by atoms with E-state index in [1.807, 2.05) is 38.1 Å². The van der Waals surface area contributed by atoms with E-state index < -0.39 is 4.92 Å². The monoisotopic (exact) mass is 274 g/mol. The minimum Gasteiger partial charge on any atom is -0.358 e. The predicted molar refractivity (Wildman–Crippen MR) is 77.8 cm³/mol. The molecule has 0 saturated carbocycles. The van der Waals surface area contributed by atoms with E-state index in [1.165, 1.54) is 4.68 Å². The SMILES string of the molecule is Cc1ccccc1C(C)Nc1c([N+](=O)[O-])c(C)nn1C. The van der Waals surface area contributed by atoms with Crippen LogP contribution in [-0.4, -0.2) is 14.7 Å². The Hall–Kier alpha value is -2.37. The lowest BCUT2D eigenvalue weighted by Gasteiger charge is -2.17. The fourth-order valence-electron chi connectivity index (χ4n) is 2.38. The van der Waals surface area contributed by atoms with E-state index in [1.54, 1.807) is 14.0 Å². The van der Waals surface area contributed by atoms with Crippen LogP contribution >= 0.6 is 0 Å². The van der Waals surface area contributed by atoms with Gasteiger partial charge in [-0.25, -0.2) is 4.68 Å². The molecule has 0 spiro atoms. The second-order valence-corrected chi connectivity index (χ2v) is 4.89. The predicted octanol–water partition coefficient (Wildman–Crippen LogP) is 3.12. The molecule has 1 unspecified atom stereocenters. The van der Waals surface area contributed by atoms with Crippen molar-refractivity contribution in [1.82, 2.24) is 9.78 Å². The second kappa shape index (κ2) is 5.32. The van der Waals surface area contributed by atoms with Crippen LogP contribution < -0.4 is 5.32 Å². The maximum atomic E-state index is 11.2. The molecule has 0 aliphatic heterocycles. The topological polar surface area (TPSA) is 73.0 Å². The summed E-state index contributed by atoms with van der Waals surface area (Å²) in [5, 5.41) is 18.5. The number of nitrogens with one attached hydrogen (secondary N) is 1. The first-order valence-electron chi connectivity index (χ1n) is 6.42. The first kappa shape index (κ1) is 14.0. The minimum atomic E-state index is -0.394. The van der Waals surface area contributed by atoms with Gasteiger partial charge in [0.1, 0.15) is 5.69 Å². The summed E-state index contributed by atoms with van der Waals surface area (Å²) in [5.41, 5.74) is 2.71. The van der Waals surface area contributed by atoms with Crippen molar-refractivity contribution in [3.05, 3.63) is 51.2 Å². The van der Waals surface area contributed by atoms with Gasteiger partial charge in [-0.3, -0.25) is 10.1 Å². The zero-order valence-corrected chi connectivity index (χ0v) is 12.0. The van der Waals surface area contributed by atoms with E-state index in [9.17, 15) is 10.1 Å². The number of hydrogen-bond donors (Lipinski definition) is 1. The van der Waals surface area contributed by atoms with Crippen LogP contribution in [0.4, 0.5) is 11.5 Å². The van der Waals surface area contributed by atoms with Crippen LogP contribution in [0.2, 0.25) is 0 Å². The Morgan fingerprint density at radius 2 is 2.00 bits per heavy atom. The molecule has 0 aliphatic rings. The molecule has 1 aromatic carbocycles. The molecular formula is C14H18N4O2. The number of nitrogens with zero attached hydrogens (tertiary/aromatic N) is 3. The summed E-state index contributed by atoms with van der Waals surface area (Å²) in [6, 6.07) is 7.94. The van der Waals surface area contributed by atoms with Crippen molar-refractivity contribution in [3.63, 3.8) is 0 Å². The summed E-state index contributed by atoms with van der Waals surface area (Å²) in [6.45, 7) is 5.65. The summed E-state index contributed by atoms with van der Waals surface area (Å²) < 4.78 is 1.52. The highest BCUT2D eigenvalue weighted by Crippen LogP contribution is 2.31. The first-order valence-corrected chi connectivity index (χ1v) is 6.42. The van der Waals surface area contributed by atoms with Crippen LogP contribution in [0.1, 0.15) is 29.8 Å². The maximum Gasteiger partial charge on any atom is 0.333 e. The molecule has 20 heavy (non-hydrogen) atoms. The Morgan fingerprint density at radius 3 is 2.60 bits per heavy atom. The Kier molecular flexibility index (Phi) is 3.74. The van der Waals surface area contributed by atoms with Gasteiger partial charge in [0, 0.05) is 7.05 Å². The maximum absolute atomic E-state index is 11.2. The van der Waals surface area contributed by atoms with Crippen molar-refractivity contribution < 1.29 is 4.92 Å². The van der Waals surface area contributed by atoms with Crippen molar-refractivity contribution in [3.8, 4) is 0 Å². The molecule has 106 valence electrons. The van der Waals surface area contributed by atoms with Crippen LogP contribution in [0.15, 0.2) is 24.3 Å². The molecule has 0 radical (unpaired) electrons. The highest BCUT2D eigenvalue weighted by Gasteiger charge is 2.25. The smallest absolute Gasteiger partial charge is 0.333 e. The van der Waals surface area contributed by atoms with Crippen molar-refractivity contribution in [1.29, 1.82) is 0 Å². The van der Waals surface area contributed by atoms with Gasteiger partial charge >= 0.3 is 5.69 Å². The fourth-order valence-corrected chi connectivity index (χ4v) is 2.38. The molecule has 0 amide bonds. The van der Waals surface area contributed by atoms with Gasteiger partial charge in [0.15, 0.2) is 0 Å². The van der Waals surface area contributed by atoms with Gasteiger partial charge in [0.05, 0.1) is 11.0 Å². The molecule has 0 bridgehead atoms. The number of rotatable bonds is 4. The number of anilines is 1. The molecule has 0 aliphatic carbocycles. The largest absolute Gasteiger partial charge is 0.358 e. The second-order valence-electron chi connectivity index (χ2n) is 4.89.